The zero-order chi connectivity index (χ0) is 14.7. The van der Waals surface area contributed by atoms with E-state index in [4.69, 9.17) is 4.74 Å². The molecule has 1 N–H and O–H groups in total. The van der Waals surface area contributed by atoms with Crippen LogP contribution in [0.3, 0.4) is 0 Å². The van der Waals surface area contributed by atoms with E-state index < -0.39 is 5.60 Å². The summed E-state index contributed by atoms with van der Waals surface area (Å²) < 4.78 is 5.66. The summed E-state index contributed by atoms with van der Waals surface area (Å²) in [6.07, 6.45) is 6.28. The van der Waals surface area contributed by atoms with E-state index in [2.05, 4.69) is 33.4 Å². The molecule has 0 aromatic rings. The second-order valence-electron chi connectivity index (χ2n) is 7.06. The van der Waals surface area contributed by atoms with Gasteiger partial charge in [0.25, 0.3) is 0 Å². The molecule has 0 radical (unpaired) electrons. The molecule has 4 atom stereocenters. The molecule has 0 spiro atoms. The highest BCUT2D eigenvalue weighted by molar-refractivity contribution is 5.50. The van der Waals surface area contributed by atoms with Crippen LogP contribution in [-0.2, 0) is 4.74 Å². The highest BCUT2D eigenvalue weighted by Gasteiger charge is 2.59. The molecule has 0 unspecified atom stereocenters. The van der Waals surface area contributed by atoms with Gasteiger partial charge in [-0.3, -0.25) is 0 Å². The fourth-order valence-electron chi connectivity index (χ4n) is 4.76. The van der Waals surface area contributed by atoms with Crippen molar-refractivity contribution < 1.29 is 9.84 Å². The summed E-state index contributed by atoms with van der Waals surface area (Å²) in [7, 11) is 1.75. The fourth-order valence-corrected chi connectivity index (χ4v) is 4.76. The van der Waals surface area contributed by atoms with Gasteiger partial charge in [-0.25, -0.2) is 0 Å². The van der Waals surface area contributed by atoms with E-state index in [0.29, 0.717) is 5.92 Å². The summed E-state index contributed by atoms with van der Waals surface area (Å²) >= 11 is 0. The molecule has 110 valence electrons. The Morgan fingerprint density at radius 3 is 2.70 bits per heavy atom. The van der Waals surface area contributed by atoms with Crippen LogP contribution in [0, 0.1) is 11.3 Å². The Bertz CT molecular complexity index is 528. The topological polar surface area (TPSA) is 29.5 Å². The van der Waals surface area contributed by atoms with Crippen LogP contribution in [0.15, 0.2) is 34.9 Å². The number of hydrogen-bond acceptors (Lipinski definition) is 2. The summed E-state index contributed by atoms with van der Waals surface area (Å²) in [6, 6.07) is 0. The first-order valence-electron chi connectivity index (χ1n) is 7.69. The van der Waals surface area contributed by atoms with Crippen molar-refractivity contribution >= 4 is 0 Å². The van der Waals surface area contributed by atoms with Crippen LogP contribution < -0.4 is 0 Å². The number of aliphatic hydroxyl groups is 1. The number of fused-ring (bicyclic) bond motifs is 2. The first kappa shape index (κ1) is 14.1. The molecule has 3 aliphatic carbocycles. The Morgan fingerprint density at radius 1 is 1.35 bits per heavy atom. The van der Waals surface area contributed by atoms with E-state index >= 15 is 0 Å². The molecular formula is C18H26O2. The molecule has 3 rings (SSSR count). The maximum atomic E-state index is 11.7. The average molecular weight is 274 g/mol. The number of hydrogen-bond donors (Lipinski definition) is 1. The van der Waals surface area contributed by atoms with Gasteiger partial charge in [-0.2, -0.15) is 0 Å². The van der Waals surface area contributed by atoms with Crippen LogP contribution in [0.25, 0.3) is 0 Å². The maximum Gasteiger partial charge on any atom is 0.116 e. The quantitative estimate of drug-likeness (QED) is 0.777. The molecular weight excluding hydrogens is 248 g/mol. The second-order valence-corrected chi connectivity index (χ2v) is 7.06. The molecule has 3 aliphatic rings. The van der Waals surface area contributed by atoms with Crippen LogP contribution in [0.5, 0.6) is 0 Å². The van der Waals surface area contributed by atoms with E-state index in [-0.39, 0.29) is 11.5 Å². The Labute approximate surface area is 122 Å². The number of allylic oxidation sites excluding steroid dienone is 2. The van der Waals surface area contributed by atoms with Gasteiger partial charge in [-0.15, -0.1) is 0 Å². The van der Waals surface area contributed by atoms with Crippen LogP contribution in [0.2, 0.25) is 0 Å². The Hall–Kier alpha value is -0.860. The average Bonchev–Trinajstić information content (AvgIpc) is 2.89. The van der Waals surface area contributed by atoms with E-state index in [0.717, 1.165) is 31.3 Å². The van der Waals surface area contributed by atoms with Gasteiger partial charge in [0.1, 0.15) is 5.60 Å². The van der Waals surface area contributed by atoms with Crippen molar-refractivity contribution in [1.29, 1.82) is 0 Å². The highest BCUT2D eigenvalue weighted by atomic mass is 16.5. The Morgan fingerprint density at radius 2 is 2.05 bits per heavy atom. The summed E-state index contributed by atoms with van der Waals surface area (Å²) in [6.45, 7) is 10.8. The molecule has 2 heteroatoms. The summed E-state index contributed by atoms with van der Waals surface area (Å²) in [4.78, 5) is 0. The molecule has 0 aromatic carbocycles. The zero-order valence-corrected chi connectivity index (χ0v) is 13.1. The zero-order valence-electron chi connectivity index (χ0n) is 13.1. The maximum absolute atomic E-state index is 11.7. The lowest BCUT2D eigenvalue weighted by Gasteiger charge is -2.48. The van der Waals surface area contributed by atoms with Gasteiger partial charge in [0.15, 0.2) is 0 Å². The third-order valence-corrected chi connectivity index (χ3v) is 6.15. The largest absolute Gasteiger partial charge is 0.380 e. The van der Waals surface area contributed by atoms with Crippen molar-refractivity contribution in [3.63, 3.8) is 0 Å². The number of ether oxygens (including phenoxy) is 1. The lowest BCUT2D eigenvalue weighted by molar-refractivity contribution is -0.00584. The summed E-state index contributed by atoms with van der Waals surface area (Å²) in [5, 5.41) is 11.7. The normalized spacial score (nSPS) is 44.2. The van der Waals surface area contributed by atoms with E-state index in [1.54, 1.807) is 7.11 Å². The predicted molar refractivity (Wildman–Crippen MR) is 81.4 cm³/mol. The van der Waals surface area contributed by atoms with Crippen molar-refractivity contribution in [2.75, 3.05) is 7.11 Å². The molecule has 1 saturated carbocycles. The van der Waals surface area contributed by atoms with Gasteiger partial charge >= 0.3 is 0 Å². The van der Waals surface area contributed by atoms with Gasteiger partial charge in [0.2, 0.25) is 0 Å². The highest BCUT2D eigenvalue weighted by Crippen LogP contribution is 2.62. The minimum Gasteiger partial charge on any atom is -0.380 e. The molecule has 0 saturated heterocycles. The molecule has 2 nitrogen and oxygen atoms in total. The third-order valence-electron chi connectivity index (χ3n) is 6.15. The van der Waals surface area contributed by atoms with Crippen molar-refractivity contribution in [2.45, 2.75) is 58.2 Å². The Balaban J connectivity index is 2.18. The standard InChI is InChI=1S/C18H26O2/c1-11-6-7-15(20-5)16(11)18(19)10-12(2)14-8-9-17(18,4)13(14)3/h10,14-15,19H,3,6-9H2,1-2,4-5H3/t14-,15-,17-,18-/m1/s1. The van der Waals surface area contributed by atoms with Gasteiger partial charge in [-0.1, -0.05) is 30.2 Å². The van der Waals surface area contributed by atoms with Crippen LogP contribution >= 0.6 is 0 Å². The van der Waals surface area contributed by atoms with E-state index in [9.17, 15) is 5.11 Å². The minimum atomic E-state index is -0.914. The van der Waals surface area contributed by atoms with Gasteiger partial charge in [0, 0.05) is 18.4 Å². The first-order valence-corrected chi connectivity index (χ1v) is 7.69. The van der Waals surface area contributed by atoms with Gasteiger partial charge in [0.05, 0.1) is 6.10 Å². The smallest absolute Gasteiger partial charge is 0.116 e. The predicted octanol–water partition coefficient (Wildman–Crippen LogP) is 3.78. The molecule has 0 amide bonds. The first-order chi connectivity index (χ1) is 9.35. The SMILES string of the molecule is C=C1[C@@H]2CC[C@@]1(C)[C@](O)(C1=C(C)CC[C@H]1OC)C=C2C. The summed E-state index contributed by atoms with van der Waals surface area (Å²) in [5.74, 6) is 0.462. The van der Waals surface area contributed by atoms with Gasteiger partial charge < -0.3 is 9.84 Å². The lowest BCUT2D eigenvalue weighted by atomic mass is 9.61. The lowest BCUT2D eigenvalue weighted by Crippen LogP contribution is -2.50. The van der Waals surface area contributed by atoms with Gasteiger partial charge in [-0.05, 0) is 51.2 Å². The number of rotatable bonds is 2. The van der Waals surface area contributed by atoms with Crippen LogP contribution in [0.1, 0.15) is 46.5 Å². The minimum absolute atomic E-state index is 0.0471. The molecule has 0 aromatic heterocycles. The molecule has 20 heavy (non-hydrogen) atoms. The van der Waals surface area contributed by atoms with E-state index in [1.165, 1.54) is 16.7 Å². The second kappa shape index (κ2) is 4.32. The van der Waals surface area contributed by atoms with Crippen molar-refractivity contribution in [2.24, 2.45) is 11.3 Å². The summed E-state index contributed by atoms with van der Waals surface area (Å²) in [5.41, 5.74) is 3.72. The van der Waals surface area contributed by atoms with Crippen molar-refractivity contribution in [3.8, 4) is 0 Å². The van der Waals surface area contributed by atoms with E-state index in [1.807, 2.05) is 0 Å². The molecule has 1 fully saturated rings. The van der Waals surface area contributed by atoms with Crippen LogP contribution in [0.4, 0.5) is 0 Å². The molecule has 2 bridgehead atoms. The van der Waals surface area contributed by atoms with Crippen molar-refractivity contribution in [1.82, 2.24) is 0 Å². The number of methoxy groups -OCH3 is 1. The monoisotopic (exact) mass is 274 g/mol. The molecule has 0 heterocycles. The third kappa shape index (κ3) is 1.52. The van der Waals surface area contributed by atoms with Crippen molar-refractivity contribution in [3.05, 3.63) is 34.9 Å². The molecule has 0 aliphatic heterocycles. The van der Waals surface area contributed by atoms with Crippen LogP contribution in [-0.4, -0.2) is 23.9 Å². The Kier molecular flexibility index (Phi) is 3.04. The fraction of sp³-hybridized carbons (Fsp3) is 0.667.